The van der Waals surface area contributed by atoms with E-state index in [0.29, 0.717) is 5.69 Å². The molecule has 0 fully saturated rings. The van der Waals surface area contributed by atoms with Crippen molar-refractivity contribution in [2.24, 2.45) is 10.2 Å². The van der Waals surface area contributed by atoms with E-state index in [2.05, 4.69) is 22.5 Å². The van der Waals surface area contributed by atoms with Gasteiger partial charge < -0.3 is 5.32 Å². The highest BCUT2D eigenvalue weighted by Gasteiger charge is 2.24. The maximum atomic E-state index is 11.1. The predicted octanol–water partition coefficient (Wildman–Crippen LogP) is 11.4. The number of nitrogens with one attached hydrogen (secondary N) is 1. The Balaban J connectivity index is 1.47. The second-order valence-corrected chi connectivity index (χ2v) is 10.9. The van der Waals surface area contributed by atoms with Gasteiger partial charge in [-0.15, -0.1) is 0 Å². The summed E-state index contributed by atoms with van der Waals surface area (Å²) in [4.78, 5) is 20.4. The van der Waals surface area contributed by atoms with Gasteiger partial charge in [0.15, 0.2) is 0 Å². The van der Waals surface area contributed by atoms with E-state index in [1.165, 1.54) is 115 Å². The van der Waals surface area contributed by atoms with Gasteiger partial charge in [-0.25, -0.2) is 0 Å². The van der Waals surface area contributed by atoms with Gasteiger partial charge in [0.2, 0.25) is 0 Å². The lowest BCUT2D eigenvalue weighted by atomic mass is 10.0. The van der Waals surface area contributed by atoms with Gasteiger partial charge in [-0.2, -0.15) is 10.2 Å². The molecule has 0 aliphatic heterocycles. The maximum absolute atomic E-state index is 11.1. The number of azo groups is 1. The molecule has 0 spiro atoms. The number of nitro benzene ring substituents is 2. The Morgan fingerprint density at radius 2 is 0.976 bits per heavy atom. The zero-order valence-corrected chi connectivity index (χ0v) is 24.9. The minimum Gasteiger partial charge on any atom is -0.385 e. The van der Waals surface area contributed by atoms with Gasteiger partial charge in [0.05, 0.1) is 27.3 Å². The molecular formula is C32H49N5O4. The molecule has 0 heterocycles. The summed E-state index contributed by atoms with van der Waals surface area (Å²) < 4.78 is 0. The molecule has 1 N–H and O–H groups in total. The van der Waals surface area contributed by atoms with Gasteiger partial charge in [0.25, 0.3) is 0 Å². The number of anilines is 1. The molecule has 2 aromatic rings. The summed E-state index contributed by atoms with van der Waals surface area (Å²) in [6.45, 7) is 3.20. The first-order chi connectivity index (χ1) is 20.0. The van der Waals surface area contributed by atoms with E-state index in [1.807, 2.05) is 12.1 Å². The minimum atomic E-state index is -0.794. The number of nitro groups is 2. The topological polar surface area (TPSA) is 123 Å². The summed E-state index contributed by atoms with van der Waals surface area (Å²) in [5.74, 6) is 0. The van der Waals surface area contributed by atoms with Gasteiger partial charge in [0, 0.05) is 18.3 Å². The van der Waals surface area contributed by atoms with Crippen molar-refractivity contribution in [1.82, 2.24) is 0 Å². The van der Waals surface area contributed by atoms with Crippen LogP contribution in [0.4, 0.5) is 28.4 Å². The fourth-order valence-corrected chi connectivity index (χ4v) is 4.90. The summed E-state index contributed by atoms with van der Waals surface area (Å²) >= 11 is 0. The van der Waals surface area contributed by atoms with Gasteiger partial charge >= 0.3 is 11.4 Å². The van der Waals surface area contributed by atoms with Crippen molar-refractivity contribution in [3.63, 3.8) is 0 Å². The summed E-state index contributed by atoms with van der Waals surface area (Å²) in [7, 11) is 0. The van der Waals surface area contributed by atoms with Crippen molar-refractivity contribution in [2.45, 2.75) is 122 Å². The molecular weight excluding hydrogens is 518 g/mol. The molecule has 2 aromatic carbocycles. The second kappa shape index (κ2) is 21.4. The molecule has 0 amide bonds. The lowest BCUT2D eigenvalue weighted by molar-refractivity contribution is -0.422. The average Bonchev–Trinajstić information content (AvgIpc) is 2.97. The Morgan fingerprint density at radius 3 is 1.44 bits per heavy atom. The second-order valence-electron chi connectivity index (χ2n) is 10.9. The summed E-state index contributed by atoms with van der Waals surface area (Å²) in [5.41, 5.74) is 0.593. The van der Waals surface area contributed by atoms with E-state index in [4.69, 9.17) is 0 Å². The van der Waals surface area contributed by atoms with Crippen LogP contribution in [0.3, 0.4) is 0 Å². The van der Waals surface area contributed by atoms with Gasteiger partial charge in [-0.1, -0.05) is 116 Å². The number of nitrogens with zero attached hydrogens (tertiary/aromatic N) is 4. The van der Waals surface area contributed by atoms with E-state index in [-0.39, 0.29) is 5.69 Å². The number of hydrogen-bond donors (Lipinski definition) is 1. The zero-order valence-electron chi connectivity index (χ0n) is 24.9. The van der Waals surface area contributed by atoms with Crippen LogP contribution in [0.15, 0.2) is 52.7 Å². The Morgan fingerprint density at radius 1 is 0.561 bits per heavy atom. The highest BCUT2D eigenvalue weighted by molar-refractivity contribution is 5.60. The van der Waals surface area contributed by atoms with Crippen molar-refractivity contribution in [2.75, 3.05) is 11.9 Å². The van der Waals surface area contributed by atoms with Crippen molar-refractivity contribution in [3.8, 4) is 0 Å². The maximum Gasteiger partial charge on any atom is 0.348 e. The van der Waals surface area contributed by atoms with Crippen LogP contribution in [0.25, 0.3) is 0 Å². The number of rotatable bonds is 24. The lowest BCUT2D eigenvalue weighted by Gasteiger charge is -2.07. The highest BCUT2D eigenvalue weighted by atomic mass is 16.6. The summed E-state index contributed by atoms with van der Waals surface area (Å²) in [5, 5.41) is 33.5. The SMILES string of the molecule is CCCCCCCCCCCCCCCCCCCCNc1ccc(/N=N/c2ccc([N+](=O)[O-])c([N+](=O)[O-])c2)cc1. The number of unbranched alkanes of at least 4 members (excludes halogenated alkanes) is 17. The fourth-order valence-electron chi connectivity index (χ4n) is 4.90. The van der Waals surface area contributed by atoms with Crippen molar-refractivity contribution in [1.29, 1.82) is 0 Å². The number of hydrogen-bond acceptors (Lipinski definition) is 7. The average molecular weight is 568 g/mol. The highest BCUT2D eigenvalue weighted by Crippen LogP contribution is 2.31. The van der Waals surface area contributed by atoms with Crippen LogP contribution in [-0.2, 0) is 0 Å². The molecule has 2 rings (SSSR count). The predicted molar refractivity (Wildman–Crippen MR) is 168 cm³/mol. The van der Waals surface area contributed by atoms with Crippen LogP contribution in [0, 0.1) is 20.2 Å². The van der Waals surface area contributed by atoms with Crippen molar-refractivity contribution in [3.05, 3.63) is 62.7 Å². The molecule has 0 atom stereocenters. The molecule has 9 heteroatoms. The third-order valence-electron chi connectivity index (χ3n) is 7.36. The van der Waals surface area contributed by atoms with Crippen LogP contribution in [0.1, 0.15) is 122 Å². The van der Waals surface area contributed by atoms with Crippen LogP contribution in [0.2, 0.25) is 0 Å². The first-order valence-electron chi connectivity index (χ1n) is 15.7. The zero-order chi connectivity index (χ0) is 29.5. The van der Waals surface area contributed by atoms with Crippen LogP contribution >= 0.6 is 0 Å². The summed E-state index contributed by atoms with van der Waals surface area (Å²) in [6, 6.07) is 10.9. The molecule has 0 saturated carbocycles. The monoisotopic (exact) mass is 567 g/mol. The Bertz CT molecular complexity index is 1040. The molecule has 9 nitrogen and oxygen atoms in total. The summed E-state index contributed by atoms with van der Waals surface area (Å²) in [6.07, 6.45) is 24.7. The first kappa shape index (κ1) is 33.8. The molecule has 0 aliphatic carbocycles. The van der Waals surface area contributed by atoms with E-state index in [9.17, 15) is 20.2 Å². The molecule has 41 heavy (non-hydrogen) atoms. The van der Waals surface area contributed by atoms with Gasteiger partial charge in [-0.3, -0.25) is 20.2 Å². The lowest BCUT2D eigenvalue weighted by Crippen LogP contribution is -2.00. The van der Waals surface area contributed by atoms with E-state index in [0.717, 1.165) is 30.8 Å². The quantitative estimate of drug-likeness (QED) is 0.0584. The molecule has 0 aliphatic rings. The van der Waals surface area contributed by atoms with Crippen molar-refractivity contribution >= 4 is 28.4 Å². The van der Waals surface area contributed by atoms with E-state index in [1.54, 1.807) is 12.1 Å². The molecule has 226 valence electrons. The van der Waals surface area contributed by atoms with Crippen molar-refractivity contribution < 1.29 is 9.85 Å². The third-order valence-corrected chi connectivity index (χ3v) is 7.36. The minimum absolute atomic E-state index is 0.179. The van der Waals surface area contributed by atoms with E-state index >= 15 is 0 Å². The molecule has 0 unspecified atom stereocenters. The normalized spacial score (nSPS) is 11.2. The van der Waals surface area contributed by atoms with Crippen LogP contribution in [0.5, 0.6) is 0 Å². The van der Waals surface area contributed by atoms with Crippen LogP contribution < -0.4 is 5.32 Å². The smallest absolute Gasteiger partial charge is 0.348 e. The van der Waals surface area contributed by atoms with Gasteiger partial charge in [-0.05, 0) is 36.8 Å². The first-order valence-corrected chi connectivity index (χ1v) is 15.7. The fraction of sp³-hybridized carbons (Fsp3) is 0.625. The molecule has 0 bridgehead atoms. The van der Waals surface area contributed by atoms with E-state index < -0.39 is 21.2 Å². The number of benzene rings is 2. The standard InChI is InChI=1S/C32H49N5O4/c1-2-3-4-5-6-7-8-9-10-11-12-13-14-15-16-17-18-19-26-33-28-20-22-29(23-21-28)34-35-30-24-25-31(36(38)39)32(27-30)37(40)41/h20-25,27,33H,2-19,26H2,1H3/b35-34+. The van der Waals surface area contributed by atoms with Gasteiger partial charge in [0.1, 0.15) is 0 Å². The Kier molecular flexibility index (Phi) is 17.7. The molecule has 0 saturated heterocycles. The van der Waals surface area contributed by atoms with Crippen LogP contribution in [-0.4, -0.2) is 16.4 Å². The Hall–Kier alpha value is -3.36. The molecule has 0 aromatic heterocycles. The Labute approximate surface area is 245 Å². The molecule has 0 radical (unpaired) electrons. The third kappa shape index (κ3) is 15.3. The largest absolute Gasteiger partial charge is 0.385 e.